The maximum Gasteiger partial charge on any atom is 0.102 e. The van der Waals surface area contributed by atoms with Gasteiger partial charge in [-0.2, -0.15) is 0 Å². The molecular weight excluding hydrogens is 232 g/mol. The van der Waals surface area contributed by atoms with E-state index in [4.69, 9.17) is 0 Å². The molecule has 3 rings (SSSR count). The third-order valence-electron chi connectivity index (χ3n) is 5.40. The van der Waals surface area contributed by atoms with Crippen molar-refractivity contribution >= 4 is 0 Å². The number of quaternary nitrogens is 2. The maximum atomic E-state index is 2.36. The minimum Gasteiger partial charge on any atom is -0.328 e. The lowest BCUT2D eigenvalue weighted by molar-refractivity contribution is -0.911. The predicted octanol–water partition coefficient (Wildman–Crippen LogP) is 2.42. The summed E-state index contributed by atoms with van der Waals surface area (Å²) >= 11 is 0. The van der Waals surface area contributed by atoms with Gasteiger partial charge in [0.1, 0.15) is 12.1 Å². The molecule has 0 spiro atoms. The van der Waals surface area contributed by atoms with E-state index in [9.17, 15) is 0 Å². The Labute approximate surface area is 117 Å². The van der Waals surface area contributed by atoms with Crippen LogP contribution < -0.4 is 0 Å². The summed E-state index contributed by atoms with van der Waals surface area (Å²) in [5.74, 6) is 1.55. The quantitative estimate of drug-likeness (QED) is 0.717. The zero-order valence-corrected chi connectivity index (χ0v) is 13.2. The minimum absolute atomic E-state index is 0.766. The Morgan fingerprint density at radius 2 is 1.11 bits per heavy atom. The van der Waals surface area contributed by atoms with Gasteiger partial charge in [-0.1, -0.05) is 24.3 Å². The van der Waals surface area contributed by atoms with E-state index < -0.39 is 0 Å². The molecule has 0 N–H and O–H groups in total. The van der Waals surface area contributed by atoms with Crippen LogP contribution in [0.25, 0.3) is 0 Å². The number of likely N-dealkylation sites (N-methyl/N-ethyl adjacent to an activating group) is 2. The van der Waals surface area contributed by atoms with Gasteiger partial charge < -0.3 is 8.97 Å². The number of benzene rings is 1. The van der Waals surface area contributed by atoms with Crippen molar-refractivity contribution < 1.29 is 8.97 Å². The summed E-state index contributed by atoms with van der Waals surface area (Å²) in [6, 6.07) is 10.7. The van der Waals surface area contributed by atoms with Crippen molar-refractivity contribution in [2.45, 2.75) is 30.3 Å². The number of rotatable bonds is 2. The van der Waals surface area contributed by atoms with Gasteiger partial charge in [0.15, 0.2) is 0 Å². The van der Waals surface area contributed by atoms with E-state index in [1.165, 1.54) is 6.42 Å². The summed E-state index contributed by atoms with van der Waals surface area (Å²) in [5, 5.41) is 0. The maximum absolute atomic E-state index is 2.36. The van der Waals surface area contributed by atoms with Crippen molar-refractivity contribution in [3.8, 4) is 0 Å². The Hall–Kier alpha value is -0.860. The van der Waals surface area contributed by atoms with Crippen LogP contribution in [0.3, 0.4) is 0 Å². The Morgan fingerprint density at radius 1 is 0.737 bits per heavy atom. The smallest absolute Gasteiger partial charge is 0.102 e. The van der Waals surface area contributed by atoms with Crippen molar-refractivity contribution in [2.75, 3.05) is 42.3 Å². The first-order chi connectivity index (χ1) is 8.71. The molecule has 1 saturated carbocycles. The van der Waals surface area contributed by atoms with Gasteiger partial charge in [0, 0.05) is 11.8 Å². The minimum atomic E-state index is 0.766. The van der Waals surface area contributed by atoms with Gasteiger partial charge in [-0.05, 0) is 11.1 Å². The second-order valence-corrected chi connectivity index (χ2v) is 8.28. The van der Waals surface area contributed by atoms with E-state index in [1.807, 2.05) is 0 Å². The van der Waals surface area contributed by atoms with Gasteiger partial charge in [-0.25, -0.2) is 0 Å². The Morgan fingerprint density at radius 3 is 1.42 bits per heavy atom. The van der Waals surface area contributed by atoms with Crippen molar-refractivity contribution in [2.24, 2.45) is 0 Å². The summed E-state index contributed by atoms with van der Waals surface area (Å²) in [6.07, 6.45) is 1.34. The second kappa shape index (κ2) is 3.83. The van der Waals surface area contributed by atoms with Crippen molar-refractivity contribution in [3.05, 3.63) is 35.4 Å². The highest BCUT2D eigenvalue weighted by Gasteiger charge is 2.60. The average Bonchev–Trinajstić information content (AvgIpc) is 2.60. The van der Waals surface area contributed by atoms with Crippen molar-refractivity contribution in [1.82, 2.24) is 0 Å². The first-order valence-electron chi connectivity index (χ1n) is 7.42. The summed E-state index contributed by atoms with van der Waals surface area (Å²) in [5.41, 5.74) is 3.25. The van der Waals surface area contributed by atoms with E-state index in [1.54, 1.807) is 11.1 Å². The van der Waals surface area contributed by atoms with Crippen LogP contribution in [0.2, 0.25) is 0 Å². The molecular formula is C17H28N2+2. The molecule has 104 valence electrons. The SMILES string of the molecule is C[N+](C)(C)[C@@H]1C[C@H]([N+](C)(C)C)[C@H]2c3ccccc3[C@@H]21. The first-order valence-corrected chi connectivity index (χ1v) is 7.42. The highest BCUT2D eigenvalue weighted by Crippen LogP contribution is 2.59. The summed E-state index contributed by atoms with van der Waals surface area (Å²) in [6.45, 7) is 0. The average molecular weight is 260 g/mol. The van der Waals surface area contributed by atoms with E-state index in [2.05, 4.69) is 66.6 Å². The van der Waals surface area contributed by atoms with Crippen LogP contribution in [0.5, 0.6) is 0 Å². The van der Waals surface area contributed by atoms with Gasteiger partial charge in [0.05, 0.1) is 48.7 Å². The molecule has 0 heterocycles. The molecule has 0 bridgehead atoms. The molecule has 2 nitrogen and oxygen atoms in total. The normalized spacial score (nSPS) is 33.6. The van der Waals surface area contributed by atoms with Gasteiger partial charge in [-0.15, -0.1) is 0 Å². The molecule has 0 amide bonds. The van der Waals surface area contributed by atoms with Crippen LogP contribution in [-0.2, 0) is 0 Å². The number of fused-ring (bicyclic) bond motifs is 4. The van der Waals surface area contributed by atoms with Gasteiger partial charge in [0.2, 0.25) is 0 Å². The Kier molecular flexibility index (Phi) is 2.65. The molecule has 2 heteroatoms. The monoisotopic (exact) mass is 260 g/mol. The molecule has 0 radical (unpaired) electrons. The van der Waals surface area contributed by atoms with Crippen LogP contribution in [-0.4, -0.2) is 63.3 Å². The molecule has 1 aromatic rings. The van der Waals surface area contributed by atoms with E-state index in [0.29, 0.717) is 0 Å². The lowest BCUT2D eigenvalue weighted by Crippen LogP contribution is -2.48. The fourth-order valence-corrected chi connectivity index (χ4v) is 4.44. The zero-order valence-electron chi connectivity index (χ0n) is 13.2. The zero-order chi connectivity index (χ0) is 14.0. The standard InChI is InChI=1S/C17H28N2/c1-18(2,3)14-11-15(19(4,5)6)17-13-10-8-7-9-12(13)16(14)17/h7-10,14-17H,11H2,1-6H3/q+2/t14-,15+,16-,17-/m1/s1. The van der Waals surface area contributed by atoms with Crippen LogP contribution in [0.15, 0.2) is 24.3 Å². The largest absolute Gasteiger partial charge is 0.328 e. The topological polar surface area (TPSA) is 0 Å². The molecule has 0 saturated heterocycles. The fraction of sp³-hybridized carbons (Fsp3) is 0.647. The summed E-state index contributed by atoms with van der Waals surface area (Å²) in [4.78, 5) is 0. The van der Waals surface area contributed by atoms with E-state index >= 15 is 0 Å². The summed E-state index contributed by atoms with van der Waals surface area (Å²) < 4.78 is 2.18. The number of nitrogens with zero attached hydrogens (tertiary/aromatic N) is 2. The molecule has 1 fully saturated rings. The highest BCUT2D eigenvalue weighted by atomic mass is 15.4. The van der Waals surface area contributed by atoms with Crippen molar-refractivity contribution in [1.29, 1.82) is 0 Å². The Balaban J connectivity index is 2.04. The molecule has 4 atom stereocenters. The summed E-state index contributed by atoms with van der Waals surface area (Å²) in [7, 11) is 14.2. The highest BCUT2D eigenvalue weighted by molar-refractivity contribution is 5.48. The number of hydrogen-bond donors (Lipinski definition) is 0. The molecule has 0 unspecified atom stereocenters. The second-order valence-electron chi connectivity index (χ2n) is 8.28. The molecule has 2 aliphatic carbocycles. The lowest BCUT2D eigenvalue weighted by Gasteiger charge is -2.44. The van der Waals surface area contributed by atoms with Crippen LogP contribution >= 0.6 is 0 Å². The first kappa shape index (κ1) is 13.1. The van der Waals surface area contributed by atoms with Crippen LogP contribution in [0.4, 0.5) is 0 Å². The van der Waals surface area contributed by atoms with Gasteiger partial charge in [0.25, 0.3) is 0 Å². The number of hydrogen-bond acceptors (Lipinski definition) is 0. The third-order valence-corrected chi connectivity index (χ3v) is 5.40. The Bertz CT molecular complexity index is 448. The van der Waals surface area contributed by atoms with Gasteiger partial charge >= 0.3 is 0 Å². The van der Waals surface area contributed by atoms with Crippen LogP contribution in [0.1, 0.15) is 29.4 Å². The van der Waals surface area contributed by atoms with E-state index in [-0.39, 0.29) is 0 Å². The third kappa shape index (κ3) is 1.85. The lowest BCUT2D eigenvalue weighted by atomic mass is 9.67. The fourth-order valence-electron chi connectivity index (χ4n) is 4.44. The molecule has 1 aromatic carbocycles. The predicted molar refractivity (Wildman–Crippen MR) is 80.2 cm³/mol. The van der Waals surface area contributed by atoms with Gasteiger partial charge in [-0.3, -0.25) is 0 Å². The molecule has 19 heavy (non-hydrogen) atoms. The molecule has 2 aliphatic rings. The molecule has 0 aliphatic heterocycles. The van der Waals surface area contributed by atoms with E-state index in [0.717, 1.165) is 32.9 Å². The molecule has 0 aromatic heterocycles. The van der Waals surface area contributed by atoms with Crippen LogP contribution in [0, 0.1) is 0 Å². The van der Waals surface area contributed by atoms with Crippen molar-refractivity contribution in [3.63, 3.8) is 0 Å².